The summed E-state index contributed by atoms with van der Waals surface area (Å²) in [5, 5.41) is 0.965. The number of hydrogen-bond acceptors (Lipinski definition) is 18. The third-order valence-electron chi connectivity index (χ3n) is 21.7. The van der Waals surface area contributed by atoms with Crippen LogP contribution in [-0.4, -0.2) is 158 Å². The van der Waals surface area contributed by atoms with Crippen molar-refractivity contribution in [2.45, 2.75) is 232 Å². The van der Waals surface area contributed by atoms with Crippen LogP contribution in [0.15, 0.2) is 206 Å². The number of ether oxygens (including phenoxy) is 12. The first kappa shape index (κ1) is 97.0. The summed E-state index contributed by atoms with van der Waals surface area (Å²) in [6, 6.07) is 55.9. The van der Waals surface area contributed by atoms with Crippen LogP contribution in [0.2, 0.25) is 36.3 Å². The molecule has 7 aromatic carbocycles. The number of esters is 4. The number of carbonyl (C=O) groups is 4. The number of methoxy groups -OCH3 is 4. The van der Waals surface area contributed by atoms with Crippen molar-refractivity contribution in [3.05, 3.63) is 240 Å². The molecule has 0 radical (unpaired) electrons. The van der Waals surface area contributed by atoms with E-state index in [9.17, 15) is 19.2 Å². The van der Waals surface area contributed by atoms with E-state index >= 15 is 0 Å². The molecule has 9 rings (SSSR count). The van der Waals surface area contributed by atoms with Gasteiger partial charge in [0.05, 0.1) is 30.4 Å². The van der Waals surface area contributed by atoms with Gasteiger partial charge in [0, 0.05) is 19.3 Å². The molecule has 2 heterocycles. The first-order valence-electron chi connectivity index (χ1n) is 40.9. The summed E-state index contributed by atoms with van der Waals surface area (Å²) in [7, 11) is 1.88. The molecule has 0 bridgehead atoms. The normalized spacial score (nSPS) is 18.3. The van der Waals surface area contributed by atoms with E-state index in [0.29, 0.717) is 46.1 Å². The van der Waals surface area contributed by atoms with Gasteiger partial charge >= 0.3 is 189 Å². The fourth-order valence-corrected chi connectivity index (χ4v) is 17.7. The van der Waals surface area contributed by atoms with Crippen molar-refractivity contribution in [3.63, 3.8) is 0 Å². The van der Waals surface area contributed by atoms with Crippen molar-refractivity contribution < 1.29 is 84.9 Å². The van der Waals surface area contributed by atoms with Gasteiger partial charge in [-0.25, -0.2) is 14.4 Å². The first-order valence-corrected chi connectivity index (χ1v) is 48.8. The van der Waals surface area contributed by atoms with Crippen LogP contribution in [0.1, 0.15) is 183 Å². The van der Waals surface area contributed by atoms with Crippen molar-refractivity contribution in [2.24, 2.45) is 17.8 Å². The van der Waals surface area contributed by atoms with Crippen LogP contribution >= 0.6 is 0 Å². The van der Waals surface area contributed by atoms with Crippen LogP contribution in [0.25, 0.3) is 28.3 Å². The van der Waals surface area contributed by atoms with Crippen LogP contribution in [-0.2, 0) is 61.5 Å². The van der Waals surface area contributed by atoms with Crippen LogP contribution in [0.4, 0.5) is 0 Å². The van der Waals surface area contributed by atoms with E-state index in [1.54, 1.807) is 43.5 Å². The number of benzene rings is 7. The first-order chi connectivity index (χ1) is 55.7. The van der Waals surface area contributed by atoms with Gasteiger partial charge in [0.15, 0.2) is 35.0 Å². The number of carbonyl (C=O) groups excluding carboxylic acids is 4. The minimum absolute atomic E-state index is 0.0221. The average molecular weight is 1720 g/mol. The summed E-state index contributed by atoms with van der Waals surface area (Å²) in [6.07, 6.45) is 11.0. The minimum atomic E-state index is -2.02. The Labute approximate surface area is 711 Å². The molecule has 0 aromatic heterocycles. The molecular weight excluding hydrogens is 1590 g/mol. The molecule has 21 heteroatoms. The quantitative estimate of drug-likeness (QED) is 0.0119. The van der Waals surface area contributed by atoms with Crippen molar-refractivity contribution >= 4 is 66.0 Å². The van der Waals surface area contributed by atoms with Gasteiger partial charge in [0.2, 0.25) is 0 Å². The molecule has 0 aliphatic carbocycles. The second-order valence-corrected chi connectivity index (χ2v) is 46.1. The van der Waals surface area contributed by atoms with E-state index in [-0.39, 0.29) is 86.4 Å². The Morgan fingerprint density at radius 2 is 0.864 bits per heavy atom. The van der Waals surface area contributed by atoms with Gasteiger partial charge in [-0.15, -0.1) is 0 Å². The van der Waals surface area contributed by atoms with E-state index in [2.05, 4.69) is 134 Å². The van der Waals surface area contributed by atoms with E-state index in [1.807, 2.05) is 179 Å². The van der Waals surface area contributed by atoms with Crippen LogP contribution < -0.4 is 13.9 Å². The molecule has 2 aliphatic rings. The zero-order valence-corrected chi connectivity index (χ0v) is 77.8. The fourth-order valence-electron chi connectivity index (χ4n) is 12.8. The van der Waals surface area contributed by atoms with E-state index < -0.39 is 70.5 Å². The molecule has 640 valence electrons. The van der Waals surface area contributed by atoms with Crippen molar-refractivity contribution in [1.82, 2.24) is 0 Å². The second-order valence-electron chi connectivity index (χ2n) is 34.4. The predicted octanol–water partition coefficient (Wildman–Crippen LogP) is 21.3. The SMILES string of the molecule is CC(C)CC[C@@H]1OC(C)(C)O[C@@H]1C(/C=C\[C@@H](C)[C@H](C)O[Si](C)(C)C(C)(C)C)OC(=O)c1ccccc1.COCOc1cc(-c2ccccc2)cc(/C=C/C[C@@H]2OC(C)(C)O[C@@H]2C(/C=C\[C@@H](C)[C@H](C)O[Si](C)(C)C(C)(C)C)OC(=O)c2ccccc2)c1C(=O)OC.COCOc1cc(-c2ccccc2)cc(C[Se]c2ccccc2)c1C(=O)OC. The third kappa shape index (κ3) is 29.1. The maximum absolute atomic E-state index is 13.5. The maximum atomic E-state index is 13.5. The Balaban J connectivity index is 0.000000260. The summed E-state index contributed by atoms with van der Waals surface area (Å²) in [4.78, 5) is 52.2. The molecular formula is C97H130O18SeSi2. The molecule has 7 aromatic rings. The monoisotopic (exact) mass is 1720 g/mol. The van der Waals surface area contributed by atoms with Crippen LogP contribution in [0, 0.1) is 17.8 Å². The molecule has 18 nitrogen and oxygen atoms in total. The molecule has 118 heavy (non-hydrogen) atoms. The molecule has 10 atom stereocenters. The Bertz CT molecular complexity index is 4370. The summed E-state index contributed by atoms with van der Waals surface area (Å²) in [5.74, 6) is -1.93. The number of rotatable bonds is 35. The van der Waals surface area contributed by atoms with Crippen LogP contribution in [0.5, 0.6) is 11.5 Å². The number of hydrogen-bond donors (Lipinski definition) is 0. The van der Waals surface area contributed by atoms with E-state index in [1.165, 1.54) is 25.8 Å². The summed E-state index contributed by atoms with van der Waals surface area (Å²) in [5.41, 5.74) is 7.09. The average Bonchev–Trinajstić information content (AvgIpc) is 1.41. The summed E-state index contributed by atoms with van der Waals surface area (Å²) >= 11 is 0.178. The van der Waals surface area contributed by atoms with Gasteiger partial charge in [-0.1, -0.05) is 160 Å². The molecule has 2 fully saturated rings. The summed E-state index contributed by atoms with van der Waals surface area (Å²) in [6.45, 7) is 42.9. The Morgan fingerprint density at radius 3 is 1.28 bits per heavy atom. The van der Waals surface area contributed by atoms with Gasteiger partial charge in [-0.05, 0) is 180 Å². The molecule has 2 aliphatic heterocycles. The topological polar surface area (TPSA) is 197 Å². The molecule has 2 unspecified atom stereocenters. The predicted molar refractivity (Wildman–Crippen MR) is 476 cm³/mol. The summed E-state index contributed by atoms with van der Waals surface area (Å²) < 4.78 is 84.5. The van der Waals surface area contributed by atoms with Crippen molar-refractivity contribution in [3.8, 4) is 33.8 Å². The zero-order valence-electron chi connectivity index (χ0n) is 74.1. The fraction of sp³-hybridized carbons (Fsp3) is 0.464. The standard InChI is InChI=1S/C44H58O9Si.C30H50O5Si.C23H22O4Se/c1-30(31(2)53-54(10,11)43(3,4)5)25-26-36(50-41(45)33-21-16-13-17-22-33)40-37(51-44(6,7)52-40)24-18-23-34-27-35(32-19-14-12-15-20-32)28-38(49-29-47-8)39(34)42(46)48-9;1-21(2)17-19-26-27(34-30(8,9)33-26)25(32-28(31)24-15-13-12-14-16-24)20-18-22(3)23(4)35-36(10,11)29(5,6)7;1-25-16-27-21-14-18(17-9-5-3-6-10-17)13-19(22(21)23(24)26-2)15-28-20-11-7-4-8-12-20/h12-23,25-28,30-31,36-37,40H,24,29H2,1-11H3;12-16,18,20-23,25-27H,17,19H2,1-11H3;3-14H,15-16H2,1-2H3/b23-18+,26-25-;20-18-;/t30-,31+,36?,37+,40-;22-,23+,25?,26+,27-;/m11./s1. The van der Waals surface area contributed by atoms with Crippen molar-refractivity contribution in [1.29, 1.82) is 0 Å². The van der Waals surface area contributed by atoms with Crippen molar-refractivity contribution in [2.75, 3.05) is 42.0 Å². The Hall–Kier alpha value is -8.13. The molecule has 0 spiro atoms. The van der Waals surface area contributed by atoms with Gasteiger partial charge in [-0.3, -0.25) is 0 Å². The van der Waals surface area contributed by atoms with E-state index in [0.717, 1.165) is 46.0 Å². The second kappa shape index (κ2) is 45.0. The Morgan fingerprint density at radius 1 is 0.475 bits per heavy atom. The molecule has 0 amide bonds. The van der Waals surface area contributed by atoms with Gasteiger partial charge in [0.25, 0.3) is 0 Å². The van der Waals surface area contributed by atoms with Gasteiger partial charge in [0.1, 0.15) is 35.7 Å². The zero-order chi connectivity index (χ0) is 86.8. The molecule has 0 saturated carbocycles. The van der Waals surface area contributed by atoms with Gasteiger partial charge < -0.3 is 51.5 Å². The third-order valence-corrected chi connectivity index (χ3v) is 33.0. The Kier molecular flexibility index (Phi) is 37.0. The van der Waals surface area contributed by atoms with E-state index in [4.69, 9.17) is 65.7 Å². The molecule has 0 N–H and O–H groups in total. The van der Waals surface area contributed by atoms with Crippen LogP contribution in [0.3, 0.4) is 0 Å². The molecule has 2 saturated heterocycles. The van der Waals surface area contributed by atoms with Gasteiger partial charge in [-0.2, -0.15) is 0 Å².